The van der Waals surface area contributed by atoms with Gasteiger partial charge in [0.05, 0.1) is 5.52 Å². The molecule has 1 N–H and O–H groups in total. The minimum absolute atomic E-state index is 0.0711. The van der Waals surface area contributed by atoms with E-state index in [1.165, 1.54) is 0 Å². The number of pyridine rings is 1. The van der Waals surface area contributed by atoms with Gasteiger partial charge >= 0.3 is 0 Å². The van der Waals surface area contributed by atoms with Gasteiger partial charge in [0.25, 0.3) is 0 Å². The minimum atomic E-state index is 0.0711. The van der Waals surface area contributed by atoms with Gasteiger partial charge in [-0.2, -0.15) is 0 Å². The van der Waals surface area contributed by atoms with Crippen LogP contribution < -0.4 is 5.43 Å². The predicted molar refractivity (Wildman–Crippen MR) is 84.9 cm³/mol. The van der Waals surface area contributed by atoms with Crippen LogP contribution in [0.4, 0.5) is 0 Å². The average Bonchev–Trinajstić information content (AvgIpc) is 2.45. The Morgan fingerprint density at radius 2 is 1.80 bits per heavy atom. The second kappa shape index (κ2) is 4.84. The van der Waals surface area contributed by atoms with Crippen molar-refractivity contribution in [1.82, 2.24) is 4.98 Å². The fourth-order valence-electron chi connectivity index (χ4n) is 2.31. The highest BCUT2D eigenvalue weighted by atomic mass is 16.1. The highest BCUT2D eigenvalue weighted by Crippen LogP contribution is 2.19. The molecule has 0 spiro atoms. The summed E-state index contributed by atoms with van der Waals surface area (Å²) in [7, 11) is 0. The van der Waals surface area contributed by atoms with Gasteiger partial charge in [-0.05, 0) is 43.7 Å². The minimum Gasteiger partial charge on any atom is -0.354 e. The second-order valence-electron chi connectivity index (χ2n) is 5.06. The maximum Gasteiger partial charge on any atom is 0.197 e. The molecule has 2 heteroatoms. The van der Waals surface area contributed by atoms with Crippen molar-refractivity contribution in [2.45, 2.75) is 13.8 Å². The normalized spacial score (nSPS) is 10.5. The Labute approximate surface area is 117 Å². The number of nitrogens with one attached hydrogen (secondary N) is 1. The van der Waals surface area contributed by atoms with E-state index < -0.39 is 0 Å². The Kier molecular flexibility index (Phi) is 3.02. The molecule has 1 aromatic heterocycles. The maximum atomic E-state index is 12.5. The van der Waals surface area contributed by atoms with Crippen LogP contribution in [0.15, 0.2) is 58.6 Å². The first-order valence-corrected chi connectivity index (χ1v) is 6.60. The van der Waals surface area contributed by atoms with Gasteiger partial charge < -0.3 is 4.98 Å². The summed E-state index contributed by atoms with van der Waals surface area (Å²) in [6.07, 6.45) is 1.92. The number of allylic oxidation sites excluding steroid dienone is 1. The lowest BCUT2D eigenvalue weighted by atomic mass is 10.1. The third-order valence-electron chi connectivity index (χ3n) is 3.29. The highest BCUT2D eigenvalue weighted by molar-refractivity contribution is 5.96. The van der Waals surface area contributed by atoms with E-state index in [2.05, 4.69) is 10.7 Å². The summed E-state index contributed by atoms with van der Waals surface area (Å²) >= 11 is 0. The van der Waals surface area contributed by atoms with Crippen LogP contribution in [0.2, 0.25) is 0 Å². The third-order valence-corrected chi connectivity index (χ3v) is 3.29. The molecule has 98 valence electrons. The zero-order chi connectivity index (χ0) is 14.1. The lowest BCUT2D eigenvalue weighted by molar-refractivity contribution is 1.41. The fraction of sp³-hybridized carbons (Fsp3) is 0.111. The summed E-state index contributed by atoms with van der Waals surface area (Å²) in [5, 5.41) is 1.44. The predicted octanol–water partition coefficient (Wildman–Crippen LogP) is 4.26. The second-order valence-corrected chi connectivity index (χ2v) is 5.06. The van der Waals surface area contributed by atoms with Gasteiger partial charge in [0, 0.05) is 21.9 Å². The number of aromatic amines is 1. The molecule has 0 unspecified atom stereocenters. The van der Waals surface area contributed by atoms with Gasteiger partial charge in [0.15, 0.2) is 5.43 Å². The van der Waals surface area contributed by atoms with Crippen molar-refractivity contribution >= 4 is 27.9 Å². The molecule has 20 heavy (non-hydrogen) atoms. The summed E-state index contributed by atoms with van der Waals surface area (Å²) in [6, 6.07) is 13.4. The Hall–Kier alpha value is -2.57. The van der Waals surface area contributed by atoms with Crippen LogP contribution in [0, 0.1) is 0 Å². The van der Waals surface area contributed by atoms with Crippen LogP contribution in [0.3, 0.4) is 0 Å². The Morgan fingerprint density at radius 3 is 2.60 bits per heavy atom. The lowest BCUT2D eigenvalue weighted by Gasteiger charge is -2.05. The molecule has 0 aliphatic carbocycles. The Morgan fingerprint density at radius 1 is 1.05 bits per heavy atom. The number of rotatable bonds is 1. The van der Waals surface area contributed by atoms with E-state index in [0.717, 1.165) is 27.6 Å². The molecule has 1 heterocycles. The van der Waals surface area contributed by atoms with Crippen LogP contribution in [0.1, 0.15) is 19.4 Å². The molecule has 3 aromatic rings. The number of hydrogen-bond donors (Lipinski definition) is 1. The average molecular weight is 261 g/mol. The molecule has 0 atom stereocenters. The summed E-state index contributed by atoms with van der Waals surface area (Å²) in [5.41, 5.74) is 7.07. The number of aromatic nitrogens is 1. The van der Waals surface area contributed by atoms with E-state index in [-0.39, 0.29) is 5.43 Å². The molecule has 0 fully saturated rings. The van der Waals surface area contributed by atoms with Crippen molar-refractivity contribution in [2.24, 2.45) is 0 Å². The van der Waals surface area contributed by atoms with Gasteiger partial charge in [-0.1, -0.05) is 24.3 Å². The van der Waals surface area contributed by atoms with Crippen molar-refractivity contribution in [2.75, 3.05) is 0 Å². The molecule has 0 aliphatic heterocycles. The molecule has 0 radical (unpaired) electrons. The van der Waals surface area contributed by atoms with Crippen molar-refractivity contribution in [3.05, 3.63) is 69.6 Å². The first kappa shape index (κ1) is 12.5. The van der Waals surface area contributed by atoms with Crippen molar-refractivity contribution < 1.29 is 0 Å². The number of benzene rings is 2. The van der Waals surface area contributed by atoms with Gasteiger partial charge in [-0.25, -0.2) is 0 Å². The molecule has 0 saturated heterocycles. The van der Waals surface area contributed by atoms with E-state index in [1.807, 2.05) is 62.4 Å². The highest BCUT2D eigenvalue weighted by Gasteiger charge is 2.06. The largest absolute Gasteiger partial charge is 0.354 e. The Bertz CT molecular complexity index is 921. The standard InChI is InChI=1S/C18H15NO/c1-12(2)10-11-13-6-5-8-15-17(13)19-16-9-4-3-7-14(16)18(15)20/h3-9,11H,1-2H3,(H,19,20). The van der Waals surface area contributed by atoms with E-state index in [4.69, 9.17) is 0 Å². The van der Waals surface area contributed by atoms with Crippen molar-refractivity contribution in [1.29, 1.82) is 0 Å². The number of H-pyrrole nitrogens is 1. The molecule has 2 aromatic carbocycles. The molecule has 0 aliphatic rings. The smallest absolute Gasteiger partial charge is 0.197 e. The molecule has 3 rings (SSSR count). The SMILES string of the molecule is CC(C)=C=Cc1cccc2c(=O)c3ccccc3[nH]c12. The maximum absolute atomic E-state index is 12.5. The first-order valence-electron chi connectivity index (χ1n) is 6.60. The van der Waals surface area contributed by atoms with Gasteiger partial charge in [-0.15, -0.1) is 5.73 Å². The first-order chi connectivity index (χ1) is 9.66. The van der Waals surface area contributed by atoms with Crippen LogP contribution in [-0.4, -0.2) is 4.98 Å². The van der Waals surface area contributed by atoms with E-state index >= 15 is 0 Å². The number of fused-ring (bicyclic) bond motifs is 2. The van der Waals surface area contributed by atoms with E-state index in [9.17, 15) is 4.79 Å². The van der Waals surface area contributed by atoms with E-state index in [1.54, 1.807) is 0 Å². The quantitative estimate of drug-likeness (QED) is 0.515. The van der Waals surface area contributed by atoms with Gasteiger partial charge in [0.1, 0.15) is 0 Å². The molecule has 0 amide bonds. The summed E-state index contributed by atoms with van der Waals surface area (Å²) < 4.78 is 0. The summed E-state index contributed by atoms with van der Waals surface area (Å²) in [5.74, 6) is 0. The number of para-hydroxylation sites is 2. The zero-order valence-corrected chi connectivity index (χ0v) is 11.5. The summed E-state index contributed by atoms with van der Waals surface area (Å²) in [4.78, 5) is 15.9. The van der Waals surface area contributed by atoms with Crippen LogP contribution >= 0.6 is 0 Å². The molecular formula is C18H15NO. The topological polar surface area (TPSA) is 32.9 Å². The van der Waals surface area contributed by atoms with Crippen LogP contribution in [0.5, 0.6) is 0 Å². The number of hydrogen-bond acceptors (Lipinski definition) is 1. The molecule has 2 nitrogen and oxygen atoms in total. The van der Waals surface area contributed by atoms with E-state index in [0.29, 0.717) is 5.39 Å². The monoisotopic (exact) mass is 261 g/mol. The third kappa shape index (κ3) is 2.07. The summed E-state index contributed by atoms with van der Waals surface area (Å²) in [6.45, 7) is 4.00. The van der Waals surface area contributed by atoms with Crippen molar-refractivity contribution in [3.63, 3.8) is 0 Å². The molecular weight excluding hydrogens is 246 g/mol. The van der Waals surface area contributed by atoms with Gasteiger partial charge in [-0.3, -0.25) is 4.79 Å². The molecule has 0 bridgehead atoms. The lowest BCUT2D eigenvalue weighted by Crippen LogP contribution is -2.04. The Balaban J connectivity index is 2.46. The fourth-order valence-corrected chi connectivity index (χ4v) is 2.31. The molecule has 0 saturated carbocycles. The van der Waals surface area contributed by atoms with Gasteiger partial charge in [0.2, 0.25) is 0 Å². The zero-order valence-electron chi connectivity index (χ0n) is 11.5. The van der Waals surface area contributed by atoms with Crippen molar-refractivity contribution in [3.8, 4) is 0 Å². The van der Waals surface area contributed by atoms with Crippen LogP contribution in [-0.2, 0) is 0 Å². The van der Waals surface area contributed by atoms with Crippen LogP contribution in [0.25, 0.3) is 27.9 Å².